The lowest BCUT2D eigenvalue weighted by atomic mass is 9.84. The summed E-state index contributed by atoms with van der Waals surface area (Å²) in [6.07, 6.45) is 6.70. The van der Waals surface area contributed by atoms with E-state index in [1.807, 2.05) is 12.1 Å². The zero-order valence-corrected chi connectivity index (χ0v) is 7.71. The van der Waals surface area contributed by atoms with Crippen molar-refractivity contribution in [3.05, 3.63) is 0 Å². The molecule has 0 bridgehead atoms. The molecule has 0 aromatic carbocycles. The minimum absolute atomic E-state index is 0.651. The van der Waals surface area contributed by atoms with E-state index in [1.54, 1.807) is 0 Å². The van der Waals surface area contributed by atoms with Gasteiger partial charge in [0.25, 0.3) is 0 Å². The molecule has 0 amide bonds. The third-order valence-corrected chi connectivity index (χ3v) is 2.97. The lowest BCUT2D eigenvalue weighted by Gasteiger charge is -2.31. The summed E-state index contributed by atoms with van der Waals surface area (Å²) in [4.78, 5) is 0. The van der Waals surface area contributed by atoms with Crippen molar-refractivity contribution >= 4 is 0 Å². The van der Waals surface area contributed by atoms with Crippen LogP contribution < -0.4 is 5.84 Å². The first-order valence-electron chi connectivity index (χ1n) is 4.71. The van der Waals surface area contributed by atoms with Gasteiger partial charge in [0, 0.05) is 13.1 Å². The molecule has 0 saturated heterocycles. The van der Waals surface area contributed by atoms with Crippen molar-refractivity contribution in [2.24, 2.45) is 11.8 Å². The highest BCUT2D eigenvalue weighted by Crippen LogP contribution is 2.27. The van der Waals surface area contributed by atoms with Gasteiger partial charge in [-0.3, -0.25) is 5.84 Å². The Labute approximate surface area is 69.7 Å². The molecule has 0 heterocycles. The van der Waals surface area contributed by atoms with Gasteiger partial charge in [-0.1, -0.05) is 13.3 Å². The Bertz CT molecular complexity index is 104. The standard InChI is InChI=1S/C9H20N2/c1-3-8-4-6-9(7-5-8)11(2)10/h8-9H,3-7,10H2,1-2H3. The Morgan fingerprint density at radius 3 is 2.18 bits per heavy atom. The van der Waals surface area contributed by atoms with Gasteiger partial charge in [-0.25, -0.2) is 5.01 Å². The average molecular weight is 156 g/mol. The Kier molecular flexibility index (Phi) is 3.34. The molecule has 66 valence electrons. The second-order valence-electron chi connectivity index (χ2n) is 3.75. The Balaban J connectivity index is 2.24. The number of rotatable bonds is 2. The van der Waals surface area contributed by atoms with E-state index in [0.717, 1.165) is 5.92 Å². The summed E-state index contributed by atoms with van der Waals surface area (Å²) >= 11 is 0. The Hall–Kier alpha value is -0.0800. The van der Waals surface area contributed by atoms with E-state index in [-0.39, 0.29) is 0 Å². The van der Waals surface area contributed by atoms with Gasteiger partial charge < -0.3 is 0 Å². The van der Waals surface area contributed by atoms with Crippen LogP contribution in [-0.2, 0) is 0 Å². The molecule has 0 aliphatic heterocycles. The molecule has 0 radical (unpaired) electrons. The zero-order chi connectivity index (χ0) is 8.27. The van der Waals surface area contributed by atoms with Crippen LogP contribution in [0.2, 0.25) is 0 Å². The van der Waals surface area contributed by atoms with Crippen molar-refractivity contribution < 1.29 is 0 Å². The van der Waals surface area contributed by atoms with Crippen LogP contribution in [0.25, 0.3) is 0 Å². The fourth-order valence-electron chi connectivity index (χ4n) is 1.96. The molecule has 1 saturated carbocycles. The lowest BCUT2D eigenvalue weighted by Crippen LogP contribution is -2.39. The molecular weight excluding hydrogens is 136 g/mol. The van der Waals surface area contributed by atoms with Crippen LogP contribution in [0, 0.1) is 5.92 Å². The summed E-state index contributed by atoms with van der Waals surface area (Å²) < 4.78 is 0. The maximum Gasteiger partial charge on any atom is 0.0238 e. The van der Waals surface area contributed by atoms with Crippen LogP contribution in [0.4, 0.5) is 0 Å². The topological polar surface area (TPSA) is 29.3 Å². The van der Waals surface area contributed by atoms with Crippen LogP contribution >= 0.6 is 0 Å². The van der Waals surface area contributed by atoms with Gasteiger partial charge >= 0.3 is 0 Å². The highest BCUT2D eigenvalue weighted by Gasteiger charge is 2.21. The van der Waals surface area contributed by atoms with E-state index < -0.39 is 0 Å². The molecule has 2 heteroatoms. The van der Waals surface area contributed by atoms with Gasteiger partial charge in [0.15, 0.2) is 0 Å². The highest BCUT2D eigenvalue weighted by atomic mass is 15.4. The molecule has 2 nitrogen and oxygen atoms in total. The third-order valence-electron chi connectivity index (χ3n) is 2.97. The third kappa shape index (κ3) is 2.46. The van der Waals surface area contributed by atoms with Crippen molar-refractivity contribution in [2.45, 2.75) is 45.1 Å². The van der Waals surface area contributed by atoms with E-state index in [4.69, 9.17) is 5.84 Å². The van der Waals surface area contributed by atoms with Gasteiger partial charge in [0.2, 0.25) is 0 Å². The maximum absolute atomic E-state index is 5.69. The van der Waals surface area contributed by atoms with Crippen LogP contribution in [-0.4, -0.2) is 18.1 Å². The predicted octanol–water partition coefficient (Wildman–Crippen LogP) is 1.76. The number of nitrogens with two attached hydrogens (primary N) is 1. The molecular formula is C9H20N2. The minimum atomic E-state index is 0.651. The van der Waals surface area contributed by atoms with E-state index in [1.165, 1.54) is 32.1 Å². The van der Waals surface area contributed by atoms with Crippen LogP contribution in [0.15, 0.2) is 0 Å². The molecule has 11 heavy (non-hydrogen) atoms. The molecule has 0 unspecified atom stereocenters. The summed E-state index contributed by atoms with van der Waals surface area (Å²) in [5, 5.41) is 1.88. The second-order valence-corrected chi connectivity index (χ2v) is 3.75. The lowest BCUT2D eigenvalue weighted by molar-refractivity contribution is 0.166. The quantitative estimate of drug-likeness (QED) is 0.487. The average Bonchev–Trinajstić information content (AvgIpc) is 2.05. The van der Waals surface area contributed by atoms with Crippen molar-refractivity contribution in [1.29, 1.82) is 0 Å². The zero-order valence-electron chi connectivity index (χ0n) is 7.71. The molecule has 0 aromatic heterocycles. The Morgan fingerprint density at radius 1 is 1.27 bits per heavy atom. The van der Waals surface area contributed by atoms with Crippen molar-refractivity contribution in [1.82, 2.24) is 5.01 Å². The van der Waals surface area contributed by atoms with Crippen LogP contribution in [0.5, 0.6) is 0 Å². The van der Waals surface area contributed by atoms with E-state index >= 15 is 0 Å². The monoisotopic (exact) mass is 156 g/mol. The smallest absolute Gasteiger partial charge is 0.0238 e. The van der Waals surface area contributed by atoms with Crippen molar-refractivity contribution in [3.8, 4) is 0 Å². The Morgan fingerprint density at radius 2 is 1.82 bits per heavy atom. The summed E-state index contributed by atoms with van der Waals surface area (Å²) in [6.45, 7) is 2.29. The first kappa shape index (κ1) is 9.01. The maximum atomic E-state index is 5.69. The minimum Gasteiger partial charge on any atom is -0.269 e. The summed E-state index contributed by atoms with van der Waals surface area (Å²) in [7, 11) is 1.98. The van der Waals surface area contributed by atoms with Gasteiger partial charge in [-0.05, 0) is 31.6 Å². The number of hydrazine groups is 1. The fraction of sp³-hybridized carbons (Fsp3) is 1.00. The highest BCUT2D eigenvalue weighted by molar-refractivity contribution is 4.75. The van der Waals surface area contributed by atoms with Gasteiger partial charge in [-0.15, -0.1) is 0 Å². The normalized spacial score (nSPS) is 32.7. The predicted molar refractivity (Wildman–Crippen MR) is 48.0 cm³/mol. The molecule has 0 spiro atoms. The molecule has 1 aliphatic rings. The van der Waals surface area contributed by atoms with E-state index in [0.29, 0.717) is 6.04 Å². The van der Waals surface area contributed by atoms with Crippen LogP contribution in [0.1, 0.15) is 39.0 Å². The van der Waals surface area contributed by atoms with Gasteiger partial charge in [0.05, 0.1) is 0 Å². The van der Waals surface area contributed by atoms with Crippen LogP contribution in [0.3, 0.4) is 0 Å². The van der Waals surface area contributed by atoms with E-state index in [9.17, 15) is 0 Å². The molecule has 2 N–H and O–H groups in total. The SMILES string of the molecule is CCC1CCC(N(C)N)CC1. The summed E-state index contributed by atoms with van der Waals surface area (Å²) in [5.74, 6) is 6.67. The summed E-state index contributed by atoms with van der Waals surface area (Å²) in [5.41, 5.74) is 0. The van der Waals surface area contributed by atoms with Crippen molar-refractivity contribution in [2.75, 3.05) is 7.05 Å². The molecule has 0 aromatic rings. The largest absolute Gasteiger partial charge is 0.269 e. The van der Waals surface area contributed by atoms with Gasteiger partial charge in [0.1, 0.15) is 0 Å². The molecule has 0 atom stereocenters. The van der Waals surface area contributed by atoms with E-state index in [2.05, 4.69) is 6.92 Å². The number of nitrogens with zero attached hydrogens (tertiary/aromatic N) is 1. The first-order valence-corrected chi connectivity index (χ1v) is 4.71. The molecule has 1 aliphatic carbocycles. The number of hydrogen-bond donors (Lipinski definition) is 1. The molecule has 1 fully saturated rings. The summed E-state index contributed by atoms with van der Waals surface area (Å²) in [6, 6.07) is 0.651. The van der Waals surface area contributed by atoms with Gasteiger partial charge in [-0.2, -0.15) is 0 Å². The van der Waals surface area contributed by atoms with Crippen molar-refractivity contribution in [3.63, 3.8) is 0 Å². The second kappa shape index (κ2) is 4.07. The fourth-order valence-corrected chi connectivity index (χ4v) is 1.96. The number of hydrogen-bond acceptors (Lipinski definition) is 2. The molecule has 1 rings (SSSR count). The first-order chi connectivity index (χ1) is 5.24.